The molecule has 0 saturated carbocycles. The zero-order chi connectivity index (χ0) is 12.3. The Morgan fingerprint density at radius 2 is 1.94 bits per heavy atom. The van der Waals surface area contributed by atoms with E-state index in [1.165, 1.54) is 6.07 Å². The van der Waals surface area contributed by atoms with Gasteiger partial charge in [-0.2, -0.15) is 0 Å². The highest BCUT2D eigenvalue weighted by atomic mass is 16.4. The Hall–Kier alpha value is -2.43. The number of nitrogens with one attached hydrogen (secondary N) is 1. The van der Waals surface area contributed by atoms with Crippen molar-refractivity contribution in [2.24, 2.45) is 0 Å². The molecule has 0 aliphatic rings. The zero-order valence-corrected chi connectivity index (χ0v) is 9.21. The van der Waals surface area contributed by atoms with E-state index >= 15 is 0 Å². The molecule has 0 aliphatic heterocycles. The van der Waals surface area contributed by atoms with Gasteiger partial charge < -0.3 is 10.4 Å². The average Bonchev–Trinajstić information content (AvgIpc) is 2.29. The van der Waals surface area contributed by atoms with Crippen LogP contribution in [0.1, 0.15) is 16.3 Å². The highest BCUT2D eigenvalue weighted by Gasteiger charge is 2.08. The molecule has 0 fully saturated rings. The number of hydrogen-bond donors (Lipinski definition) is 2. The first kappa shape index (κ1) is 11.1. The van der Waals surface area contributed by atoms with Gasteiger partial charge in [0.1, 0.15) is 11.6 Å². The van der Waals surface area contributed by atoms with E-state index in [0.29, 0.717) is 11.6 Å². The standard InChI is InChI=1S/C12H11N3O2/c1-8-13-10(12(16)17)7-11(14-8)15-9-5-3-2-4-6-9/h2-7H,1H3,(H,16,17)(H,13,14,15). The number of nitrogens with zero attached hydrogens (tertiary/aromatic N) is 2. The Labute approximate surface area is 98.2 Å². The summed E-state index contributed by atoms with van der Waals surface area (Å²) in [5.41, 5.74) is 0.831. The van der Waals surface area contributed by atoms with E-state index in [4.69, 9.17) is 5.11 Å². The van der Waals surface area contributed by atoms with Crippen molar-refractivity contribution in [3.63, 3.8) is 0 Å². The molecule has 5 heteroatoms. The average molecular weight is 229 g/mol. The van der Waals surface area contributed by atoms with Gasteiger partial charge in [-0.15, -0.1) is 0 Å². The summed E-state index contributed by atoms with van der Waals surface area (Å²) < 4.78 is 0. The number of aromatic nitrogens is 2. The van der Waals surface area contributed by atoms with Crippen LogP contribution in [0.25, 0.3) is 0 Å². The fourth-order valence-corrected chi connectivity index (χ4v) is 1.41. The molecule has 0 unspecified atom stereocenters. The summed E-state index contributed by atoms with van der Waals surface area (Å²) in [5, 5.41) is 11.9. The summed E-state index contributed by atoms with van der Waals surface area (Å²) in [6.07, 6.45) is 0. The number of benzene rings is 1. The lowest BCUT2D eigenvalue weighted by atomic mass is 10.3. The van der Waals surface area contributed by atoms with Gasteiger partial charge in [0, 0.05) is 11.8 Å². The van der Waals surface area contributed by atoms with Gasteiger partial charge in [-0.1, -0.05) is 18.2 Å². The van der Waals surface area contributed by atoms with Crippen LogP contribution in [-0.2, 0) is 0 Å². The molecule has 0 amide bonds. The van der Waals surface area contributed by atoms with Crippen LogP contribution < -0.4 is 5.32 Å². The van der Waals surface area contributed by atoms with Crippen molar-refractivity contribution in [2.45, 2.75) is 6.92 Å². The minimum absolute atomic E-state index is 0.0177. The molecule has 86 valence electrons. The van der Waals surface area contributed by atoms with E-state index < -0.39 is 5.97 Å². The van der Waals surface area contributed by atoms with E-state index in [0.717, 1.165) is 5.69 Å². The molecule has 1 aromatic heterocycles. The van der Waals surface area contributed by atoms with Crippen LogP contribution in [0, 0.1) is 6.92 Å². The number of carboxylic acids is 1. The Balaban J connectivity index is 2.30. The second kappa shape index (κ2) is 4.61. The molecular weight excluding hydrogens is 218 g/mol. The Morgan fingerprint density at radius 3 is 2.59 bits per heavy atom. The highest BCUT2D eigenvalue weighted by molar-refractivity contribution is 5.86. The second-order valence-corrected chi connectivity index (χ2v) is 3.48. The third-order valence-corrected chi connectivity index (χ3v) is 2.10. The maximum atomic E-state index is 10.8. The molecule has 0 spiro atoms. The van der Waals surface area contributed by atoms with Crippen LogP contribution in [0.3, 0.4) is 0 Å². The number of rotatable bonds is 3. The number of hydrogen-bond acceptors (Lipinski definition) is 4. The predicted molar refractivity (Wildman–Crippen MR) is 63.5 cm³/mol. The largest absolute Gasteiger partial charge is 0.477 e. The molecule has 5 nitrogen and oxygen atoms in total. The van der Waals surface area contributed by atoms with Crippen molar-refractivity contribution in [1.29, 1.82) is 0 Å². The summed E-state index contributed by atoms with van der Waals surface area (Å²) in [4.78, 5) is 18.8. The number of anilines is 2. The SMILES string of the molecule is Cc1nc(Nc2ccccc2)cc(C(=O)O)n1. The quantitative estimate of drug-likeness (QED) is 0.844. The maximum absolute atomic E-state index is 10.8. The van der Waals surface area contributed by atoms with Crippen LogP contribution >= 0.6 is 0 Å². The van der Waals surface area contributed by atoms with Crippen molar-refractivity contribution >= 4 is 17.5 Å². The van der Waals surface area contributed by atoms with Crippen LogP contribution in [0.2, 0.25) is 0 Å². The molecule has 0 atom stereocenters. The Bertz CT molecular complexity index is 541. The highest BCUT2D eigenvalue weighted by Crippen LogP contribution is 2.14. The fourth-order valence-electron chi connectivity index (χ4n) is 1.41. The minimum Gasteiger partial charge on any atom is -0.477 e. The first-order valence-corrected chi connectivity index (χ1v) is 5.06. The van der Waals surface area contributed by atoms with Gasteiger partial charge in [-0.3, -0.25) is 0 Å². The van der Waals surface area contributed by atoms with E-state index in [2.05, 4.69) is 15.3 Å². The van der Waals surface area contributed by atoms with Crippen LogP contribution in [0.5, 0.6) is 0 Å². The molecule has 2 aromatic rings. The summed E-state index contributed by atoms with van der Waals surface area (Å²) in [6.45, 7) is 1.66. The third-order valence-electron chi connectivity index (χ3n) is 2.10. The molecule has 0 bridgehead atoms. The Kier molecular flexibility index (Phi) is 3.00. The first-order chi connectivity index (χ1) is 8.15. The normalized spacial score (nSPS) is 9.94. The first-order valence-electron chi connectivity index (χ1n) is 5.06. The van der Waals surface area contributed by atoms with Gasteiger partial charge in [0.05, 0.1) is 0 Å². The number of aromatic carboxylic acids is 1. The molecule has 0 saturated heterocycles. The van der Waals surface area contributed by atoms with Crippen molar-refractivity contribution in [2.75, 3.05) is 5.32 Å². The lowest BCUT2D eigenvalue weighted by Crippen LogP contribution is -2.05. The van der Waals surface area contributed by atoms with E-state index in [1.807, 2.05) is 30.3 Å². The van der Waals surface area contributed by atoms with Crippen molar-refractivity contribution in [3.05, 3.63) is 47.9 Å². The number of carboxylic acid groups (broad SMARTS) is 1. The molecule has 2 rings (SSSR count). The summed E-state index contributed by atoms with van der Waals surface area (Å²) >= 11 is 0. The van der Waals surface area contributed by atoms with E-state index in [-0.39, 0.29) is 5.69 Å². The van der Waals surface area contributed by atoms with Crippen LogP contribution in [0.15, 0.2) is 36.4 Å². The molecule has 2 N–H and O–H groups in total. The number of aryl methyl sites for hydroxylation is 1. The molecule has 1 heterocycles. The molecule has 0 aliphatic carbocycles. The maximum Gasteiger partial charge on any atom is 0.354 e. The van der Waals surface area contributed by atoms with Crippen molar-refractivity contribution in [3.8, 4) is 0 Å². The fraction of sp³-hybridized carbons (Fsp3) is 0.0833. The summed E-state index contributed by atoms with van der Waals surface area (Å²) in [6, 6.07) is 10.8. The minimum atomic E-state index is -1.06. The summed E-state index contributed by atoms with van der Waals surface area (Å²) in [7, 11) is 0. The van der Waals surface area contributed by atoms with Crippen molar-refractivity contribution < 1.29 is 9.90 Å². The molecular formula is C12H11N3O2. The van der Waals surface area contributed by atoms with Crippen LogP contribution in [-0.4, -0.2) is 21.0 Å². The van der Waals surface area contributed by atoms with E-state index in [9.17, 15) is 4.79 Å². The van der Waals surface area contributed by atoms with Gasteiger partial charge in [0.25, 0.3) is 0 Å². The number of para-hydroxylation sites is 1. The number of carbonyl (C=O) groups is 1. The van der Waals surface area contributed by atoms with Crippen molar-refractivity contribution in [1.82, 2.24) is 9.97 Å². The van der Waals surface area contributed by atoms with Gasteiger partial charge in [0.15, 0.2) is 5.69 Å². The lowest BCUT2D eigenvalue weighted by Gasteiger charge is -2.06. The monoisotopic (exact) mass is 229 g/mol. The second-order valence-electron chi connectivity index (χ2n) is 3.48. The topological polar surface area (TPSA) is 75.1 Å². The van der Waals surface area contributed by atoms with Gasteiger partial charge in [-0.05, 0) is 19.1 Å². The Morgan fingerprint density at radius 1 is 1.24 bits per heavy atom. The lowest BCUT2D eigenvalue weighted by molar-refractivity contribution is 0.0690. The van der Waals surface area contributed by atoms with Crippen LogP contribution in [0.4, 0.5) is 11.5 Å². The van der Waals surface area contributed by atoms with E-state index in [1.54, 1.807) is 6.92 Å². The third kappa shape index (κ3) is 2.78. The molecule has 1 aromatic carbocycles. The van der Waals surface area contributed by atoms with Gasteiger partial charge >= 0.3 is 5.97 Å². The molecule has 0 radical (unpaired) electrons. The van der Waals surface area contributed by atoms with Gasteiger partial charge in [0.2, 0.25) is 0 Å². The van der Waals surface area contributed by atoms with Gasteiger partial charge in [-0.25, -0.2) is 14.8 Å². The zero-order valence-electron chi connectivity index (χ0n) is 9.21. The molecule has 17 heavy (non-hydrogen) atoms. The summed E-state index contributed by atoms with van der Waals surface area (Å²) in [5.74, 6) is -0.170. The smallest absolute Gasteiger partial charge is 0.354 e. The predicted octanol–water partition coefficient (Wildman–Crippen LogP) is 2.23.